The molecule has 6 rings (SSSR count). The summed E-state index contributed by atoms with van der Waals surface area (Å²) in [5, 5.41) is 10.1. The predicted molar refractivity (Wildman–Crippen MR) is 112 cm³/mol. The maximum Gasteiger partial charge on any atom is 0.174 e. The summed E-state index contributed by atoms with van der Waals surface area (Å²) in [5.74, 6) is 1.33. The lowest BCUT2D eigenvalue weighted by molar-refractivity contribution is -0.255. The molecule has 1 saturated carbocycles. The molecule has 0 N–H and O–H groups in total. The number of ether oxygens (including phenoxy) is 2. The van der Waals surface area contributed by atoms with Gasteiger partial charge in [-0.15, -0.1) is 0 Å². The Morgan fingerprint density at radius 2 is 2.00 bits per heavy atom. The van der Waals surface area contributed by atoms with E-state index < -0.39 is 5.97 Å². The number of carboxylic acid groups (broad SMARTS) is 1. The number of benzene rings is 2. The number of hydrogen-bond donors (Lipinski definition) is 0. The highest BCUT2D eigenvalue weighted by atomic mass is 16.5. The largest absolute Gasteiger partial charge is 0.545 e. The maximum absolute atomic E-state index is 12.6. The van der Waals surface area contributed by atoms with Crippen LogP contribution in [0.4, 0.5) is 0 Å². The molecule has 1 saturated heterocycles. The van der Waals surface area contributed by atoms with Crippen molar-refractivity contribution in [1.29, 1.82) is 0 Å². The summed E-state index contributed by atoms with van der Waals surface area (Å²) in [6.07, 6.45) is 3.47. The number of carbonyl (C=O) groups excluding carboxylic acids is 2. The number of hydrogen-bond acceptors (Lipinski definition) is 6. The van der Waals surface area contributed by atoms with E-state index in [1.54, 1.807) is 25.3 Å². The van der Waals surface area contributed by atoms with Gasteiger partial charge >= 0.3 is 0 Å². The Kier molecular flexibility index (Phi) is 4.77. The van der Waals surface area contributed by atoms with E-state index in [9.17, 15) is 14.7 Å². The van der Waals surface area contributed by atoms with Crippen molar-refractivity contribution in [3.8, 4) is 11.5 Å². The third-order valence-electron chi connectivity index (χ3n) is 7.60. The van der Waals surface area contributed by atoms with Gasteiger partial charge in [0.25, 0.3) is 0 Å². The van der Waals surface area contributed by atoms with Crippen LogP contribution in [0.2, 0.25) is 0 Å². The highest BCUT2D eigenvalue weighted by molar-refractivity contribution is 5.89. The first-order valence-electron chi connectivity index (χ1n) is 10.8. The number of carboxylic acids is 1. The van der Waals surface area contributed by atoms with Crippen molar-refractivity contribution in [2.24, 2.45) is 5.92 Å². The van der Waals surface area contributed by atoms with Crippen molar-refractivity contribution in [3.05, 3.63) is 59.2 Å². The Bertz CT molecular complexity index is 1040. The van der Waals surface area contributed by atoms with E-state index in [1.165, 1.54) is 23.3 Å². The lowest BCUT2D eigenvalue weighted by Crippen LogP contribution is -2.65. The molecule has 162 valence electrons. The Morgan fingerprint density at radius 3 is 2.68 bits per heavy atom. The van der Waals surface area contributed by atoms with Crippen molar-refractivity contribution in [2.75, 3.05) is 20.7 Å². The van der Waals surface area contributed by atoms with Gasteiger partial charge in [0.2, 0.25) is 0 Å². The first-order valence-corrected chi connectivity index (χ1v) is 10.8. The van der Waals surface area contributed by atoms with E-state index in [2.05, 4.69) is 18.0 Å². The molecule has 2 aromatic carbocycles. The minimum absolute atomic E-state index is 0.0933. The van der Waals surface area contributed by atoms with E-state index in [4.69, 9.17) is 9.47 Å². The topological polar surface area (TPSA) is 78.9 Å². The first kappa shape index (κ1) is 20.1. The lowest BCUT2D eigenvalue weighted by atomic mass is 9.52. The smallest absolute Gasteiger partial charge is 0.174 e. The molecule has 1 spiro atoms. The van der Waals surface area contributed by atoms with Crippen molar-refractivity contribution in [3.63, 3.8) is 0 Å². The SMILES string of the molecule is COc1ccc2c3c1O[C@H]1C(=O)CC[C@H]4[C@@H](C2)N(C)CC[C@]314.O=C([O-])c1ccccc1. The second-order valence-electron chi connectivity index (χ2n) is 8.94. The number of nitrogens with zero attached hydrogens (tertiary/aromatic N) is 1. The Hall–Kier alpha value is -2.86. The number of likely N-dealkylation sites (N-methyl/N-ethyl adjacent to an activating group) is 1. The zero-order valence-electron chi connectivity index (χ0n) is 17.8. The first-order chi connectivity index (χ1) is 15.0. The number of rotatable bonds is 2. The fourth-order valence-electron chi connectivity index (χ4n) is 6.25. The highest BCUT2D eigenvalue weighted by Crippen LogP contribution is 2.63. The number of likely N-dealkylation sites (tertiary alicyclic amines) is 1. The summed E-state index contributed by atoms with van der Waals surface area (Å²) < 4.78 is 11.8. The Balaban J connectivity index is 0.000000192. The maximum atomic E-state index is 12.6. The Labute approximate surface area is 181 Å². The minimum atomic E-state index is -1.13. The van der Waals surface area contributed by atoms with Gasteiger partial charge in [-0.1, -0.05) is 36.4 Å². The van der Waals surface area contributed by atoms with Crippen molar-refractivity contribution in [2.45, 2.75) is 43.2 Å². The monoisotopic (exact) mass is 420 g/mol. The molecule has 6 heteroatoms. The van der Waals surface area contributed by atoms with E-state index in [1.807, 2.05) is 6.07 Å². The van der Waals surface area contributed by atoms with Gasteiger partial charge in [0.05, 0.1) is 13.1 Å². The number of carbonyl (C=O) groups is 2. The normalized spacial score (nSPS) is 29.9. The molecule has 2 aliphatic heterocycles. The number of piperidine rings is 1. The molecule has 0 unspecified atom stereocenters. The number of methoxy groups -OCH3 is 1. The van der Waals surface area contributed by atoms with E-state index >= 15 is 0 Å². The molecule has 0 radical (unpaired) electrons. The van der Waals surface area contributed by atoms with Crippen LogP contribution in [-0.2, 0) is 16.6 Å². The quantitative estimate of drug-likeness (QED) is 0.739. The molecule has 2 fully saturated rings. The molecule has 2 heterocycles. The molecule has 4 atom stereocenters. The molecule has 31 heavy (non-hydrogen) atoms. The molecular formula is C25H26NO5-. The van der Waals surface area contributed by atoms with E-state index in [0.29, 0.717) is 18.4 Å². The second-order valence-corrected chi connectivity index (χ2v) is 8.94. The van der Waals surface area contributed by atoms with E-state index in [-0.39, 0.29) is 22.9 Å². The standard InChI is InChI=1S/C18H21NO3.C7H6O2/c1-19-8-7-18-11-4-5-13(20)17(18)22-16-14(21-2)6-3-10(15(16)18)9-12(11)19;8-7(9)6-4-2-1-3-5-6/h3,6,11-12,17H,4-5,7-9H2,1-2H3;1-5H,(H,8,9)/p-1/t11-,12+,17-,18-;/m0./s1. The number of ketones is 1. The van der Waals surface area contributed by atoms with Gasteiger partial charge in [0, 0.05) is 23.4 Å². The van der Waals surface area contributed by atoms with Crippen LogP contribution in [0.3, 0.4) is 0 Å². The Morgan fingerprint density at radius 1 is 1.23 bits per heavy atom. The van der Waals surface area contributed by atoms with Crippen LogP contribution in [0.15, 0.2) is 42.5 Å². The fourth-order valence-corrected chi connectivity index (χ4v) is 6.25. The summed E-state index contributed by atoms with van der Waals surface area (Å²) >= 11 is 0. The summed E-state index contributed by atoms with van der Waals surface area (Å²) in [6, 6.07) is 12.8. The molecule has 2 bridgehead atoms. The molecule has 0 amide bonds. The van der Waals surface area contributed by atoms with Gasteiger partial charge in [0.15, 0.2) is 23.4 Å². The van der Waals surface area contributed by atoms with Gasteiger partial charge in [-0.2, -0.15) is 0 Å². The van der Waals surface area contributed by atoms with Gasteiger partial charge in [-0.05, 0) is 56.0 Å². The van der Waals surface area contributed by atoms with Gasteiger partial charge < -0.3 is 24.3 Å². The fraction of sp³-hybridized carbons (Fsp3) is 0.440. The lowest BCUT2D eigenvalue weighted by Gasteiger charge is -2.57. The van der Waals surface area contributed by atoms with Crippen LogP contribution in [0.5, 0.6) is 11.5 Å². The zero-order valence-corrected chi connectivity index (χ0v) is 17.8. The summed E-state index contributed by atoms with van der Waals surface area (Å²) in [4.78, 5) is 25.2. The van der Waals surface area contributed by atoms with Crippen LogP contribution < -0.4 is 14.6 Å². The number of Topliss-reactive ketones (excluding diaryl/α,β-unsaturated/α-hetero) is 1. The summed E-state index contributed by atoms with van der Waals surface area (Å²) in [7, 11) is 3.91. The van der Waals surface area contributed by atoms with Crippen molar-refractivity contribution < 1.29 is 24.2 Å². The van der Waals surface area contributed by atoms with Crippen LogP contribution in [0.1, 0.15) is 40.7 Å². The van der Waals surface area contributed by atoms with Gasteiger partial charge in [0.1, 0.15) is 0 Å². The highest BCUT2D eigenvalue weighted by Gasteiger charge is 2.65. The summed E-state index contributed by atoms with van der Waals surface area (Å²) in [6.45, 7) is 1.05. The second kappa shape index (κ2) is 7.38. The van der Waals surface area contributed by atoms with Crippen LogP contribution >= 0.6 is 0 Å². The predicted octanol–water partition coefficient (Wildman–Crippen LogP) is 1.98. The van der Waals surface area contributed by atoms with E-state index in [0.717, 1.165) is 37.3 Å². The van der Waals surface area contributed by atoms with Gasteiger partial charge in [-0.3, -0.25) is 4.79 Å². The van der Waals surface area contributed by atoms with Crippen LogP contribution in [0.25, 0.3) is 0 Å². The average molecular weight is 420 g/mol. The van der Waals surface area contributed by atoms with Crippen molar-refractivity contribution in [1.82, 2.24) is 4.90 Å². The van der Waals surface area contributed by atoms with Crippen LogP contribution in [0, 0.1) is 5.92 Å². The average Bonchev–Trinajstić information content (AvgIpc) is 3.14. The van der Waals surface area contributed by atoms with Crippen molar-refractivity contribution >= 4 is 11.8 Å². The third kappa shape index (κ3) is 2.88. The molecule has 2 aromatic rings. The number of aromatic carboxylic acids is 1. The third-order valence-corrected chi connectivity index (χ3v) is 7.60. The molecule has 6 nitrogen and oxygen atoms in total. The molecule has 0 aromatic heterocycles. The summed E-state index contributed by atoms with van der Waals surface area (Å²) in [5.41, 5.74) is 2.79. The van der Waals surface area contributed by atoms with Crippen LogP contribution in [-0.4, -0.2) is 49.5 Å². The van der Waals surface area contributed by atoms with Gasteiger partial charge in [-0.25, -0.2) is 0 Å². The minimum Gasteiger partial charge on any atom is -0.545 e. The molecule has 2 aliphatic carbocycles. The molecule has 4 aliphatic rings. The zero-order chi connectivity index (χ0) is 21.8. The molecular weight excluding hydrogens is 394 g/mol.